The lowest BCUT2D eigenvalue weighted by Crippen LogP contribution is -1.84. The van der Waals surface area contributed by atoms with Crippen LogP contribution in [0.15, 0.2) is 37.8 Å². The molecule has 0 N–H and O–H groups in total. The maximum Gasteiger partial charge on any atom is 0.316 e. The van der Waals surface area contributed by atoms with Crippen molar-refractivity contribution >= 4 is 15.9 Å². The molecule has 0 bridgehead atoms. The van der Waals surface area contributed by atoms with Gasteiger partial charge in [0.1, 0.15) is 0 Å². The van der Waals surface area contributed by atoms with Crippen LogP contribution in [0, 0.1) is 0 Å². The zero-order chi connectivity index (χ0) is 13.2. The third-order valence-corrected chi connectivity index (χ3v) is 3.20. The lowest BCUT2D eigenvalue weighted by molar-refractivity contribution is 0.380. The van der Waals surface area contributed by atoms with Crippen molar-refractivity contribution in [1.82, 2.24) is 20.3 Å². The second-order valence-electron chi connectivity index (χ2n) is 3.77. The molecule has 19 heavy (non-hydrogen) atoms. The summed E-state index contributed by atoms with van der Waals surface area (Å²) in [6.07, 6.45) is 0.689. The minimum atomic E-state index is 0.220. The molecule has 0 fully saturated rings. The van der Waals surface area contributed by atoms with E-state index in [9.17, 15) is 0 Å². The largest absolute Gasteiger partial charge is 0.329 e. The van der Waals surface area contributed by atoms with Crippen molar-refractivity contribution in [3.8, 4) is 23.2 Å². The highest BCUT2D eigenvalue weighted by Crippen LogP contribution is 2.27. The molecule has 3 aromatic rings. The van der Waals surface area contributed by atoms with Crippen LogP contribution in [0.1, 0.15) is 12.7 Å². The van der Waals surface area contributed by atoms with E-state index < -0.39 is 0 Å². The molecule has 6 nitrogen and oxygen atoms in total. The summed E-state index contributed by atoms with van der Waals surface area (Å²) in [5.41, 5.74) is 0.840. The second kappa shape index (κ2) is 4.93. The number of benzene rings is 1. The summed E-state index contributed by atoms with van der Waals surface area (Å²) in [4.78, 5) is 8.40. The fourth-order valence-corrected chi connectivity index (χ4v) is 2.01. The van der Waals surface area contributed by atoms with Crippen molar-refractivity contribution in [2.75, 3.05) is 0 Å². The number of rotatable bonds is 3. The maximum atomic E-state index is 5.14. The Bertz CT molecular complexity index is 707. The number of aryl methyl sites for hydroxylation is 1. The molecular formula is C12H9BrN4O2. The van der Waals surface area contributed by atoms with E-state index in [1.54, 1.807) is 0 Å². The molecule has 0 spiro atoms. The minimum Gasteiger partial charge on any atom is -0.329 e. The van der Waals surface area contributed by atoms with Gasteiger partial charge in [0.2, 0.25) is 5.82 Å². The van der Waals surface area contributed by atoms with Gasteiger partial charge >= 0.3 is 11.8 Å². The van der Waals surface area contributed by atoms with Gasteiger partial charge in [-0.2, -0.15) is 9.97 Å². The highest BCUT2D eigenvalue weighted by atomic mass is 79.9. The molecule has 0 amide bonds. The van der Waals surface area contributed by atoms with E-state index in [0.717, 1.165) is 10.0 Å². The number of nitrogens with zero attached hydrogens (tertiary/aromatic N) is 4. The summed E-state index contributed by atoms with van der Waals surface area (Å²) in [7, 11) is 0. The molecule has 2 heterocycles. The van der Waals surface area contributed by atoms with Gasteiger partial charge in [-0.05, 0) is 12.1 Å². The Hall–Kier alpha value is -2.02. The molecule has 2 aromatic heterocycles. The Kier molecular flexibility index (Phi) is 3.12. The molecule has 0 aliphatic carbocycles. The molecule has 0 aliphatic heterocycles. The summed E-state index contributed by atoms with van der Waals surface area (Å²) in [6, 6.07) is 7.62. The summed E-state index contributed by atoms with van der Waals surface area (Å²) in [5.74, 6) is 1.54. The van der Waals surface area contributed by atoms with Gasteiger partial charge in [-0.3, -0.25) is 0 Å². The smallest absolute Gasteiger partial charge is 0.316 e. The molecule has 0 saturated carbocycles. The number of halogens is 1. The molecule has 3 rings (SSSR count). The van der Waals surface area contributed by atoms with Crippen LogP contribution in [0.2, 0.25) is 0 Å². The Morgan fingerprint density at radius 3 is 2.53 bits per heavy atom. The van der Waals surface area contributed by atoms with Gasteiger partial charge in [-0.15, -0.1) is 0 Å². The normalized spacial score (nSPS) is 10.8. The zero-order valence-electron chi connectivity index (χ0n) is 10.00. The minimum absolute atomic E-state index is 0.220. The summed E-state index contributed by atoms with van der Waals surface area (Å²) >= 11 is 3.44. The van der Waals surface area contributed by atoms with Crippen molar-refractivity contribution in [3.63, 3.8) is 0 Å². The average Bonchev–Trinajstić information content (AvgIpc) is 3.08. The topological polar surface area (TPSA) is 77.8 Å². The van der Waals surface area contributed by atoms with Crippen LogP contribution in [-0.4, -0.2) is 20.3 Å². The number of hydrogen-bond acceptors (Lipinski definition) is 6. The molecule has 7 heteroatoms. The first-order chi connectivity index (χ1) is 9.28. The van der Waals surface area contributed by atoms with E-state index in [0.29, 0.717) is 18.1 Å². The fraction of sp³-hybridized carbons (Fsp3) is 0.167. The second-order valence-corrected chi connectivity index (χ2v) is 4.63. The van der Waals surface area contributed by atoms with Crippen LogP contribution < -0.4 is 0 Å². The lowest BCUT2D eigenvalue weighted by atomic mass is 10.2. The highest BCUT2D eigenvalue weighted by molar-refractivity contribution is 9.10. The van der Waals surface area contributed by atoms with Crippen molar-refractivity contribution in [1.29, 1.82) is 0 Å². The predicted molar refractivity (Wildman–Crippen MR) is 70.1 cm³/mol. The summed E-state index contributed by atoms with van der Waals surface area (Å²) < 4.78 is 11.1. The predicted octanol–water partition coefficient (Wildman–Crippen LogP) is 3.11. The Morgan fingerprint density at radius 2 is 1.79 bits per heavy atom. The first kappa shape index (κ1) is 12.0. The van der Waals surface area contributed by atoms with Crippen LogP contribution in [0.25, 0.3) is 23.2 Å². The molecule has 0 atom stereocenters. The van der Waals surface area contributed by atoms with Crippen molar-refractivity contribution in [2.24, 2.45) is 0 Å². The van der Waals surface area contributed by atoms with Gasteiger partial charge in [0.05, 0.1) is 0 Å². The number of hydrogen-bond donors (Lipinski definition) is 0. The summed E-state index contributed by atoms with van der Waals surface area (Å²) in [5, 5.41) is 7.70. The Balaban J connectivity index is 1.97. The van der Waals surface area contributed by atoms with Gasteiger partial charge in [-0.25, -0.2) is 0 Å². The summed E-state index contributed by atoms with van der Waals surface area (Å²) in [6.45, 7) is 1.94. The standard InChI is InChI=1S/C12H9BrN4O2/c1-2-9-14-11(18-16-9)12-15-10(17-19-12)7-5-3-4-6-8(7)13/h3-6H,2H2,1H3. The molecular weight excluding hydrogens is 312 g/mol. The average molecular weight is 321 g/mol. The third-order valence-electron chi connectivity index (χ3n) is 2.51. The Morgan fingerprint density at radius 1 is 1.05 bits per heavy atom. The molecule has 0 saturated heterocycles. The van der Waals surface area contributed by atoms with Crippen molar-refractivity contribution in [2.45, 2.75) is 13.3 Å². The van der Waals surface area contributed by atoms with E-state index >= 15 is 0 Å². The fourth-order valence-electron chi connectivity index (χ4n) is 1.55. The molecule has 0 unspecified atom stereocenters. The van der Waals surface area contributed by atoms with Crippen LogP contribution in [0.5, 0.6) is 0 Å². The van der Waals surface area contributed by atoms with Gasteiger partial charge in [0.25, 0.3) is 0 Å². The van der Waals surface area contributed by atoms with Crippen LogP contribution in [0.4, 0.5) is 0 Å². The number of aromatic nitrogens is 4. The van der Waals surface area contributed by atoms with Gasteiger partial charge < -0.3 is 9.05 Å². The molecule has 1 aromatic carbocycles. The molecule has 96 valence electrons. The van der Waals surface area contributed by atoms with Crippen LogP contribution in [0.3, 0.4) is 0 Å². The van der Waals surface area contributed by atoms with E-state index in [-0.39, 0.29) is 11.8 Å². The van der Waals surface area contributed by atoms with Crippen molar-refractivity contribution < 1.29 is 9.05 Å². The molecule has 0 aliphatic rings. The maximum absolute atomic E-state index is 5.14. The lowest BCUT2D eigenvalue weighted by Gasteiger charge is -1.95. The highest BCUT2D eigenvalue weighted by Gasteiger charge is 2.17. The van der Waals surface area contributed by atoms with Crippen LogP contribution in [-0.2, 0) is 6.42 Å². The van der Waals surface area contributed by atoms with Crippen LogP contribution >= 0.6 is 15.9 Å². The third kappa shape index (κ3) is 2.28. The van der Waals surface area contributed by atoms with Gasteiger partial charge in [0.15, 0.2) is 5.82 Å². The van der Waals surface area contributed by atoms with E-state index in [1.165, 1.54) is 0 Å². The van der Waals surface area contributed by atoms with Gasteiger partial charge in [0, 0.05) is 16.5 Å². The first-order valence-corrected chi connectivity index (χ1v) is 6.49. The van der Waals surface area contributed by atoms with E-state index in [1.807, 2.05) is 31.2 Å². The van der Waals surface area contributed by atoms with E-state index in [2.05, 4.69) is 36.2 Å². The zero-order valence-corrected chi connectivity index (χ0v) is 11.6. The van der Waals surface area contributed by atoms with Gasteiger partial charge in [-0.1, -0.05) is 45.3 Å². The SMILES string of the molecule is CCc1noc(-c2nc(-c3ccccc3Br)no2)n1. The monoisotopic (exact) mass is 320 g/mol. The Labute approximate surface area is 117 Å². The quantitative estimate of drug-likeness (QED) is 0.737. The first-order valence-electron chi connectivity index (χ1n) is 5.69. The molecule has 0 radical (unpaired) electrons. The van der Waals surface area contributed by atoms with E-state index in [4.69, 9.17) is 9.05 Å². The van der Waals surface area contributed by atoms with Crippen molar-refractivity contribution in [3.05, 3.63) is 34.6 Å².